The molecule has 1 aromatic carbocycles. The minimum atomic E-state index is -3.58. The molecule has 0 radical (unpaired) electrons. The van der Waals surface area contributed by atoms with Crippen molar-refractivity contribution >= 4 is 27.7 Å². The van der Waals surface area contributed by atoms with E-state index in [1.807, 2.05) is 19.1 Å². The highest BCUT2D eigenvalue weighted by Gasteiger charge is 2.44. The molecule has 0 saturated carbocycles. The van der Waals surface area contributed by atoms with E-state index in [9.17, 15) is 18.0 Å². The first-order chi connectivity index (χ1) is 15.2. The van der Waals surface area contributed by atoms with Crippen molar-refractivity contribution < 1.29 is 18.0 Å². The van der Waals surface area contributed by atoms with Crippen LogP contribution in [-0.2, 0) is 21.4 Å². The number of anilines is 1. The molecule has 4 heterocycles. The third kappa shape index (κ3) is 3.70. The summed E-state index contributed by atoms with van der Waals surface area (Å²) >= 11 is 0. The first-order valence-corrected chi connectivity index (χ1v) is 12.6. The van der Waals surface area contributed by atoms with Gasteiger partial charge in [0.1, 0.15) is 0 Å². The smallest absolute Gasteiger partial charge is 0.304 e. The number of aryl methyl sites for hydroxylation is 1. The van der Waals surface area contributed by atoms with E-state index in [0.29, 0.717) is 50.8 Å². The maximum Gasteiger partial charge on any atom is 0.304 e. The Balaban J connectivity index is 1.27. The van der Waals surface area contributed by atoms with Crippen molar-refractivity contribution in [2.45, 2.75) is 63.6 Å². The van der Waals surface area contributed by atoms with Crippen LogP contribution >= 0.6 is 0 Å². The van der Waals surface area contributed by atoms with E-state index in [-0.39, 0.29) is 36.4 Å². The van der Waals surface area contributed by atoms with Crippen LogP contribution in [0.15, 0.2) is 23.9 Å². The third-order valence-electron chi connectivity index (χ3n) is 6.98. The monoisotopic (exact) mass is 459 g/mol. The highest BCUT2D eigenvalue weighted by atomic mass is 32.2. The first-order valence-electron chi connectivity index (χ1n) is 11.2. The largest absolute Gasteiger partial charge is 0.349 e. The lowest BCUT2D eigenvalue weighted by atomic mass is 9.98. The van der Waals surface area contributed by atoms with Gasteiger partial charge in [0.15, 0.2) is 0 Å². The lowest BCUT2D eigenvalue weighted by molar-refractivity contribution is -0.115. The molecule has 0 aliphatic carbocycles. The number of rotatable bonds is 4. The summed E-state index contributed by atoms with van der Waals surface area (Å²) in [6.07, 6.45) is 5.35. The Bertz CT molecular complexity index is 1110. The summed E-state index contributed by atoms with van der Waals surface area (Å²) in [5.41, 5.74) is 9.66. The Labute approximate surface area is 188 Å². The zero-order valence-corrected chi connectivity index (χ0v) is 19.0. The second kappa shape index (κ2) is 7.86. The summed E-state index contributed by atoms with van der Waals surface area (Å²) in [6, 6.07) is 3.38. The number of nitrogens with one attached hydrogen (secondary N) is 2. The molecular weight excluding hydrogens is 430 g/mol. The molecule has 4 aliphatic heterocycles. The van der Waals surface area contributed by atoms with E-state index in [2.05, 4.69) is 10.6 Å². The molecule has 172 valence electrons. The van der Waals surface area contributed by atoms with Crippen LogP contribution in [0.1, 0.15) is 53.6 Å². The molecule has 32 heavy (non-hydrogen) atoms. The van der Waals surface area contributed by atoms with Crippen LogP contribution in [0.4, 0.5) is 5.69 Å². The Hall–Kier alpha value is -2.43. The summed E-state index contributed by atoms with van der Waals surface area (Å²) in [7, 11) is -3.58. The maximum atomic E-state index is 13.3. The van der Waals surface area contributed by atoms with Gasteiger partial charge in [-0.05, 0) is 55.9 Å². The fourth-order valence-electron chi connectivity index (χ4n) is 5.29. The summed E-state index contributed by atoms with van der Waals surface area (Å²) in [5, 5.41) is 5.90. The Kier molecular flexibility index (Phi) is 5.26. The van der Waals surface area contributed by atoms with Crippen molar-refractivity contribution in [1.82, 2.24) is 13.9 Å². The molecule has 1 aromatic rings. The van der Waals surface area contributed by atoms with Gasteiger partial charge in [-0.2, -0.15) is 12.7 Å². The number of nitrogens with two attached hydrogens (primary N) is 1. The molecule has 4 aliphatic rings. The van der Waals surface area contributed by atoms with Crippen molar-refractivity contribution in [2.75, 3.05) is 18.4 Å². The number of amides is 2. The number of carbonyl (C=O) groups excluding carboxylic acids is 2. The normalized spacial score (nSPS) is 26.0. The quantitative estimate of drug-likeness (QED) is 0.620. The van der Waals surface area contributed by atoms with Crippen LogP contribution in [0.25, 0.3) is 0 Å². The molecule has 2 fully saturated rings. The number of benzene rings is 1. The van der Waals surface area contributed by atoms with Gasteiger partial charge in [0.25, 0.3) is 5.91 Å². The highest BCUT2D eigenvalue weighted by Crippen LogP contribution is 2.38. The second-order valence-corrected chi connectivity index (χ2v) is 11.1. The van der Waals surface area contributed by atoms with E-state index >= 15 is 0 Å². The van der Waals surface area contributed by atoms with Gasteiger partial charge < -0.3 is 16.4 Å². The zero-order chi connectivity index (χ0) is 22.6. The lowest BCUT2D eigenvalue weighted by Crippen LogP contribution is -2.54. The molecule has 4 N–H and O–H groups in total. The summed E-state index contributed by atoms with van der Waals surface area (Å²) in [5.74, 6) is -0.249. The van der Waals surface area contributed by atoms with Crippen LogP contribution in [0.3, 0.4) is 0 Å². The maximum absolute atomic E-state index is 13.3. The minimum Gasteiger partial charge on any atom is -0.349 e. The van der Waals surface area contributed by atoms with Crippen LogP contribution in [0.2, 0.25) is 0 Å². The molecule has 10 heteroatoms. The van der Waals surface area contributed by atoms with Crippen molar-refractivity contribution in [3.63, 3.8) is 0 Å². The number of hydrogen-bond acceptors (Lipinski definition) is 5. The van der Waals surface area contributed by atoms with Gasteiger partial charge in [-0.3, -0.25) is 13.9 Å². The van der Waals surface area contributed by atoms with Gasteiger partial charge in [-0.25, -0.2) is 0 Å². The van der Waals surface area contributed by atoms with Gasteiger partial charge in [0, 0.05) is 48.5 Å². The van der Waals surface area contributed by atoms with Gasteiger partial charge in [0.2, 0.25) is 5.91 Å². The van der Waals surface area contributed by atoms with Crippen molar-refractivity contribution in [3.05, 3.63) is 40.6 Å². The average molecular weight is 460 g/mol. The van der Waals surface area contributed by atoms with Crippen LogP contribution < -0.4 is 16.4 Å². The minimum absolute atomic E-state index is 0.0647. The van der Waals surface area contributed by atoms with Gasteiger partial charge in [0.05, 0.1) is 12.5 Å². The average Bonchev–Trinajstić information content (AvgIpc) is 3.23. The van der Waals surface area contributed by atoms with E-state index in [1.54, 1.807) is 14.7 Å². The molecule has 2 amide bonds. The topological polar surface area (TPSA) is 125 Å². The van der Waals surface area contributed by atoms with Crippen molar-refractivity contribution in [2.24, 2.45) is 5.73 Å². The van der Waals surface area contributed by atoms with Gasteiger partial charge >= 0.3 is 10.2 Å². The van der Waals surface area contributed by atoms with Gasteiger partial charge in [-0.1, -0.05) is 6.08 Å². The van der Waals surface area contributed by atoms with E-state index in [1.165, 1.54) is 0 Å². The molecule has 2 atom stereocenters. The van der Waals surface area contributed by atoms with Crippen LogP contribution in [0, 0.1) is 6.92 Å². The number of hydrogen-bond donors (Lipinski definition) is 3. The standard InChI is InChI=1S/C22H29N5O4S/c1-13-8-20-14(10-21(28)25-20)9-19(13)22(29)24-16-11-17-2-3-18(12-16)27(17)32(30,31)26-6-4-15(23)5-7-26/h2,8-9,15-16,18H,3-7,10-12,23H2,1H3,(H,24,29)(H,25,28)/t16-,18-/m0/s1. The van der Waals surface area contributed by atoms with Crippen LogP contribution in [-0.4, -0.2) is 60.1 Å². The summed E-state index contributed by atoms with van der Waals surface area (Å²) < 4.78 is 29.7. The molecule has 2 bridgehead atoms. The van der Waals surface area contributed by atoms with Gasteiger partial charge in [-0.15, -0.1) is 0 Å². The molecule has 0 spiro atoms. The molecule has 9 nitrogen and oxygen atoms in total. The van der Waals surface area contributed by atoms with Crippen molar-refractivity contribution in [3.8, 4) is 0 Å². The number of piperidine rings is 2. The molecule has 0 aromatic heterocycles. The lowest BCUT2D eigenvalue weighted by Gasteiger charge is -2.41. The van der Waals surface area contributed by atoms with Crippen LogP contribution in [0.5, 0.6) is 0 Å². The van der Waals surface area contributed by atoms with E-state index < -0.39 is 10.2 Å². The molecular formula is C22H29N5O4S. The predicted molar refractivity (Wildman–Crippen MR) is 120 cm³/mol. The number of fused-ring (bicyclic) bond motifs is 3. The summed E-state index contributed by atoms with van der Waals surface area (Å²) in [4.78, 5) is 24.7. The second-order valence-electron chi connectivity index (χ2n) is 9.28. The Morgan fingerprint density at radius 1 is 1.25 bits per heavy atom. The third-order valence-corrected chi connectivity index (χ3v) is 9.03. The van der Waals surface area contributed by atoms with E-state index in [4.69, 9.17) is 5.73 Å². The highest BCUT2D eigenvalue weighted by molar-refractivity contribution is 7.86. The fraction of sp³-hybridized carbons (Fsp3) is 0.545. The molecule has 5 rings (SSSR count). The van der Waals surface area contributed by atoms with Crippen molar-refractivity contribution in [1.29, 1.82) is 0 Å². The predicted octanol–water partition coefficient (Wildman–Crippen LogP) is 1.01. The molecule has 0 unspecified atom stereocenters. The summed E-state index contributed by atoms with van der Waals surface area (Å²) in [6.45, 7) is 2.76. The SMILES string of the molecule is Cc1cc2c(cc1C(=O)N[C@H]1CC3=CC[C@@H](C1)N3S(=O)(=O)N1CCC(N)CC1)CC(=O)N2. The number of carbonyl (C=O) groups is 2. The number of nitrogens with zero attached hydrogens (tertiary/aromatic N) is 2. The Morgan fingerprint density at radius 3 is 2.72 bits per heavy atom. The van der Waals surface area contributed by atoms with E-state index in [0.717, 1.165) is 22.5 Å². The molecule has 2 saturated heterocycles. The first kappa shape index (κ1) is 21.4. The zero-order valence-electron chi connectivity index (χ0n) is 18.1. The Morgan fingerprint density at radius 2 is 2.00 bits per heavy atom. The fourth-order valence-corrected chi connectivity index (χ4v) is 7.21.